The molecule has 3 heteroatoms. The van der Waals surface area contributed by atoms with Crippen molar-refractivity contribution < 1.29 is 4.79 Å². The van der Waals surface area contributed by atoms with Crippen LogP contribution in [-0.4, -0.2) is 5.78 Å². The van der Waals surface area contributed by atoms with Crippen molar-refractivity contribution >= 4 is 33.0 Å². The second-order valence-electron chi connectivity index (χ2n) is 4.17. The zero-order chi connectivity index (χ0) is 10.7. The molecular weight excluding hydrogens is 272 g/mol. The minimum absolute atomic E-state index is 0.341. The lowest BCUT2D eigenvalue weighted by Gasteiger charge is -2.19. The first kappa shape index (κ1) is 11.3. The molecule has 1 aliphatic carbocycles. The van der Waals surface area contributed by atoms with E-state index in [1.807, 2.05) is 11.4 Å². The van der Waals surface area contributed by atoms with Crippen LogP contribution in [0.15, 0.2) is 15.9 Å². The summed E-state index contributed by atoms with van der Waals surface area (Å²) in [6.45, 7) is 0. The minimum Gasteiger partial charge on any atom is -0.299 e. The fourth-order valence-electron chi connectivity index (χ4n) is 2.18. The van der Waals surface area contributed by atoms with E-state index < -0.39 is 0 Å². The van der Waals surface area contributed by atoms with Gasteiger partial charge in [0.15, 0.2) is 0 Å². The van der Waals surface area contributed by atoms with Crippen LogP contribution in [-0.2, 0) is 11.2 Å². The number of ketones is 1. The highest BCUT2D eigenvalue weighted by molar-refractivity contribution is 9.10. The maximum Gasteiger partial charge on any atom is 0.141 e. The first-order valence-electron chi connectivity index (χ1n) is 5.52. The minimum atomic E-state index is 0.341. The molecule has 1 nitrogen and oxygen atoms in total. The van der Waals surface area contributed by atoms with Gasteiger partial charge in [0.2, 0.25) is 0 Å². The zero-order valence-corrected chi connectivity index (χ0v) is 11.1. The van der Waals surface area contributed by atoms with Crippen LogP contribution in [0.5, 0.6) is 0 Å². The number of halogens is 1. The van der Waals surface area contributed by atoms with E-state index in [1.54, 1.807) is 11.3 Å². The van der Waals surface area contributed by atoms with Crippen LogP contribution in [0.3, 0.4) is 0 Å². The van der Waals surface area contributed by atoms with Gasteiger partial charge in [0.05, 0.1) is 0 Å². The van der Waals surface area contributed by atoms with Gasteiger partial charge in [0.1, 0.15) is 5.78 Å². The number of carbonyl (C=O) groups excluding carboxylic acids is 1. The summed E-state index contributed by atoms with van der Waals surface area (Å²) in [5, 5.41) is 2.04. The molecular formula is C12H15BrOS. The Balaban J connectivity index is 1.94. The largest absolute Gasteiger partial charge is 0.299 e. The smallest absolute Gasteiger partial charge is 0.141 e. The summed E-state index contributed by atoms with van der Waals surface area (Å²) in [5.74, 6) is 0.783. The number of Topliss-reactive ketones (excluding diaryl/α,β-unsaturated/α-hetero) is 1. The summed E-state index contributed by atoms with van der Waals surface area (Å²) in [5.41, 5.74) is 0. The summed E-state index contributed by atoms with van der Waals surface area (Å²) in [7, 11) is 0. The summed E-state index contributed by atoms with van der Waals surface area (Å²) < 4.78 is 1.09. The summed E-state index contributed by atoms with van der Waals surface area (Å²) in [6.07, 6.45) is 6.64. The van der Waals surface area contributed by atoms with Crippen LogP contribution in [0.1, 0.15) is 37.0 Å². The SMILES string of the molecule is O=C(Cc1sccc1Br)C1CCCCC1. The Bertz CT molecular complexity index is 339. The van der Waals surface area contributed by atoms with Crippen LogP contribution in [0.2, 0.25) is 0 Å². The molecule has 15 heavy (non-hydrogen) atoms. The summed E-state index contributed by atoms with van der Waals surface area (Å²) >= 11 is 5.15. The summed E-state index contributed by atoms with van der Waals surface area (Å²) in [6, 6.07) is 2.02. The standard InChI is InChI=1S/C12H15BrOS/c13-10-6-7-15-12(10)8-11(14)9-4-2-1-3-5-9/h6-7,9H,1-5,8H2. The molecule has 1 aromatic rings. The van der Waals surface area contributed by atoms with E-state index in [9.17, 15) is 4.79 Å². The van der Waals surface area contributed by atoms with Gasteiger partial charge in [-0.2, -0.15) is 0 Å². The van der Waals surface area contributed by atoms with Crippen molar-refractivity contribution in [1.29, 1.82) is 0 Å². The van der Waals surface area contributed by atoms with Crippen molar-refractivity contribution in [1.82, 2.24) is 0 Å². The Morgan fingerprint density at radius 2 is 2.13 bits per heavy atom. The maximum atomic E-state index is 12.0. The van der Waals surface area contributed by atoms with Crippen LogP contribution in [0.4, 0.5) is 0 Å². The highest BCUT2D eigenvalue weighted by Gasteiger charge is 2.21. The molecule has 1 aliphatic rings. The van der Waals surface area contributed by atoms with Crippen molar-refractivity contribution in [2.75, 3.05) is 0 Å². The third kappa shape index (κ3) is 2.91. The predicted octanol–water partition coefficient (Wildman–Crippen LogP) is 4.20. The van der Waals surface area contributed by atoms with Crippen molar-refractivity contribution in [3.63, 3.8) is 0 Å². The van der Waals surface area contributed by atoms with Crippen molar-refractivity contribution in [2.45, 2.75) is 38.5 Å². The molecule has 1 fully saturated rings. The van der Waals surface area contributed by atoms with E-state index in [0.29, 0.717) is 18.1 Å². The maximum absolute atomic E-state index is 12.0. The predicted molar refractivity (Wildman–Crippen MR) is 67.3 cm³/mol. The molecule has 0 unspecified atom stereocenters. The fourth-order valence-corrected chi connectivity index (χ4v) is 3.68. The molecule has 0 amide bonds. The molecule has 0 spiro atoms. The lowest BCUT2D eigenvalue weighted by atomic mass is 9.85. The van der Waals surface area contributed by atoms with E-state index in [1.165, 1.54) is 24.1 Å². The van der Waals surface area contributed by atoms with Gasteiger partial charge in [-0.1, -0.05) is 19.3 Å². The first-order valence-corrected chi connectivity index (χ1v) is 7.19. The lowest BCUT2D eigenvalue weighted by Crippen LogP contribution is -2.19. The molecule has 0 bridgehead atoms. The molecule has 82 valence electrons. The van der Waals surface area contributed by atoms with Gasteiger partial charge < -0.3 is 0 Å². The van der Waals surface area contributed by atoms with Crippen LogP contribution < -0.4 is 0 Å². The average Bonchev–Trinajstić information content (AvgIpc) is 2.66. The number of hydrogen-bond donors (Lipinski definition) is 0. The van der Waals surface area contributed by atoms with E-state index in [-0.39, 0.29) is 0 Å². The van der Waals surface area contributed by atoms with E-state index in [0.717, 1.165) is 17.3 Å². The molecule has 2 rings (SSSR count). The second-order valence-corrected chi connectivity index (χ2v) is 6.02. The molecule has 0 aromatic carbocycles. The Hall–Kier alpha value is -0.150. The van der Waals surface area contributed by atoms with Crippen molar-refractivity contribution in [2.24, 2.45) is 5.92 Å². The first-order chi connectivity index (χ1) is 7.27. The Labute approximate surface area is 103 Å². The normalized spacial score (nSPS) is 17.9. The number of carbonyl (C=O) groups is 1. The summed E-state index contributed by atoms with van der Waals surface area (Å²) in [4.78, 5) is 13.2. The molecule has 0 aliphatic heterocycles. The average molecular weight is 287 g/mol. The number of hydrogen-bond acceptors (Lipinski definition) is 2. The molecule has 1 heterocycles. The molecule has 0 N–H and O–H groups in total. The topological polar surface area (TPSA) is 17.1 Å². The van der Waals surface area contributed by atoms with Gasteiger partial charge in [-0.25, -0.2) is 0 Å². The van der Waals surface area contributed by atoms with Crippen molar-refractivity contribution in [3.8, 4) is 0 Å². The lowest BCUT2D eigenvalue weighted by molar-refractivity contribution is -0.123. The van der Waals surface area contributed by atoms with Crippen LogP contribution >= 0.6 is 27.3 Å². The van der Waals surface area contributed by atoms with Gasteiger partial charge >= 0.3 is 0 Å². The van der Waals surface area contributed by atoms with Crippen molar-refractivity contribution in [3.05, 3.63) is 20.8 Å². The number of rotatable bonds is 3. The molecule has 0 atom stereocenters. The Morgan fingerprint density at radius 1 is 1.40 bits per heavy atom. The Morgan fingerprint density at radius 3 is 2.73 bits per heavy atom. The van der Waals surface area contributed by atoms with Gasteiger partial charge in [-0.05, 0) is 40.2 Å². The van der Waals surface area contributed by atoms with Crippen LogP contribution in [0, 0.1) is 5.92 Å². The monoisotopic (exact) mass is 286 g/mol. The second kappa shape index (κ2) is 5.26. The third-order valence-corrected chi connectivity index (χ3v) is 5.01. The van der Waals surface area contributed by atoms with Gasteiger partial charge in [0, 0.05) is 21.7 Å². The molecule has 1 aromatic heterocycles. The zero-order valence-electron chi connectivity index (χ0n) is 8.67. The van der Waals surface area contributed by atoms with E-state index in [4.69, 9.17) is 0 Å². The van der Waals surface area contributed by atoms with E-state index >= 15 is 0 Å². The highest BCUT2D eigenvalue weighted by Crippen LogP contribution is 2.28. The van der Waals surface area contributed by atoms with Gasteiger partial charge in [-0.3, -0.25) is 4.79 Å². The van der Waals surface area contributed by atoms with Gasteiger partial charge in [-0.15, -0.1) is 11.3 Å². The molecule has 0 saturated heterocycles. The third-order valence-electron chi connectivity index (χ3n) is 3.09. The Kier molecular flexibility index (Phi) is 3.98. The fraction of sp³-hybridized carbons (Fsp3) is 0.583. The highest BCUT2D eigenvalue weighted by atomic mass is 79.9. The number of thiophene rings is 1. The quantitative estimate of drug-likeness (QED) is 0.814. The molecule has 1 saturated carbocycles. The van der Waals surface area contributed by atoms with E-state index in [2.05, 4.69) is 15.9 Å². The van der Waals surface area contributed by atoms with Crippen LogP contribution in [0.25, 0.3) is 0 Å². The van der Waals surface area contributed by atoms with Gasteiger partial charge in [0.25, 0.3) is 0 Å². The molecule has 0 radical (unpaired) electrons.